The number of hydrogen-bond acceptors (Lipinski definition) is 4. The summed E-state index contributed by atoms with van der Waals surface area (Å²) in [6.45, 7) is -0.204. The molecule has 6 heteroatoms. The number of benzene rings is 2. The molecule has 2 aromatic carbocycles. The molecule has 0 aliphatic carbocycles. The van der Waals surface area contributed by atoms with Gasteiger partial charge >= 0.3 is 0 Å². The van der Waals surface area contributed by atoms with Crippen molar-refractivity contribution in [3.63, 3.8) is 0 Å². The molecular weight excluding hydrogens is 282 g/mol. The third-order valence-corrected chi connectivity index (χ3v) is 2.98. The zero-order valence-electron chi connectivity index (χ0n) is 11.9. The Morgan fingerprint density at radius 1 is 1.00 bits per heavy atom. The van der Waals surface area contributed by atoms with Gasteiger partial charge in [0.15, 0.2) is 0 Å². The standard InChI is InChI=1S/C16H17N3O3/c17-13-3-1-2-4-14(13)19-16(22)11-5-7-12(8-6-11)18-15(21)9-10-20/h1-8,20H,9-10,17H2,(H,18,21)(H,19,22). The van der Waals surface area contributed by atoms with Gasteiger partial charge in [-0.3, -0.25) is 9.59 Å². The summed E-state index contributed by atoms with van der Waals surface area (Å²) in [5.74, 6) is -0.567. The van der Waals surface area contributed by atoms with E-state index in [1.165, 1.54) is 0 Å². The zero-order valence-corrected chi connectivity index (χ0v) is 11.9. The zero-order chi connectivity index (χ0) is 15.9. The summed E-state index contributed by atoms with van der Waals surface area (Å²) >= 11 is 0. The van der Waals surface area contributed by atoms with Gasteiger partial charge in [-0.2, -0.15) is 0 Å². The number of carbonyl (C=O) groups is 2. The van der Waals surface area contributed by atoms with Crippen LogP contribution in [0.15, 0.2) is 48.5 Å². The van der Waals surface area contributed by atoms with Crippen molar-refractivity contribution in [3.8, 4) is 0 Å². The molecule has 0 bridgehead atoms. The van der Waals surface area contributed by atoms with Crippen LogP contribution in [0.3, 0.4) is 0 Å². The number of nitrogens with one attached hydrogen (secondary N) is 2. The summed E-state index contributed by atoms with van der Waals surface area (Å²) in [7, 11) is 0. The third-order valence-electron chi connectivity index (χ3n) is 2.98. The Balaban J connectivity index is 2.02. The summed E-state index contributed by atoms with van der Waals surface area (Å²) in [6.07, 6.45) is 0.0372. The van der Waals surface area contributed by atoms with Crippen molar-refractivity contribution in [2.24, 2.45) is 0 Å². The molecule has 0 aromatic heterocycles. The maximum Gasteiger partial charge on any atom is 0.255 e. The van der Waals surface area contributed by atoms with Crippen molar-refractivity contribution in [1.82, 2.24) is 0 Å². The minimum atomic E-state index is -0.286. The Bertz CT molecular complexity index is 669. The molecule has 0 saturated heterocycles. The number of aliphatic hydroxyl groups is 1. The van der Waals surface area contributed by atoms with Gasteiger partial charge < -0.3 is 21.5 Å². The number of nitrogens with two attached hydrogens (primary N) is 1. The van der Waals surface area contributed by atoms with Gasteiger partial charge in [-0.25, -0.2) is 0 Å². The van der Waals surface area contributed by atoms with E-state index in [1.54, 1.807) is 48.5 Å². The van der Waals surface area contributed by atoms with Crippen LogP contribution in [0.4, 0.5) is 17.1 Å². The first kappa shape index (κ1) is 15.5. The summed E-state index contributed by atoms with van der Waals surface area (Å²) < 4.78 is 0. The lowest BCUT2D eigenvalue weighted by Gasteiger charge is -2.09. The number of carbonyl (C=O) groups excluding carboxylic acids is 2. The maximum atomic E-state index is 12.1. The van der Waals surface area contributed by atoms with Crippen LogP contribution in [0.25, 0.3) is 0 Å². The van der Waals surface area contributed by atoms with Gasteiger partial charge in [0.1, 0.15) is 0 Å². The number of hydrogen-bond donors (Lipinski definition) is 4. The Labute approximate surface area is 128 Å². The minimum absolute atomic E-state index is 0.0372. The smallest absolute Gasteiger partial charge is 0.255 e. The van der Waals surface area contributed by atoms with Gasteiger partial charge in [0.25, 0.3) is 5.91 Å². The van der Waals surface area contributed by atoms with E-state index in [4.69, 9.17) is 10.8 Å². The molecule has 0 atom stereocenters. The maximum absolute atomic E-state index is 12.1. The van der Waals surface area contributed by atoms with Gasteiger partial charge in [-0.15, -0.1) is 0 Å². The van der Waals surface area contributed by atoms with Gasteiger partial charge in [0.05, 0.1) is 24.4 Å². The number of nitrogen functional groups attached to an aromatic ring is 1. The Morgan fingerprint density at radius 2 is 1.68 bits per heavy atom. The fourth-order valence-electron chi connectivity index (χ4n) is 1.84. The van der Waals surface area contributed by atoms with Crippen LogP contribution in [0.2, 0.25) is 0 Å². The van der Waals surface area contributed by atoms with Crippen LogP contribution >= 0.6 is 0 Å². The molecule has 114 valence electrons. The molecule has 0 fully saturated rings. The summed E-state index contributed by atoms with van der Waals surface area (Å²) in [6, 6.07) is 13.4. The molecule has 0 spiro atoms. The second-order valence-electron chi connectivity index (χ2n) is 4.64. The predicted octanol–water partition coefficient (Wildman–Crippen LogP) is 1.84. The van der Waals surface area contributed by atoms with Crippen LogP contribution in [0.5, 0.6) is 0 Å². The molecule has 22 heavy (non-hydrogen) atoms. The molecule has 2 aromatic rings. The highest BCUT2D eigenvalue weighted by Gasteiger charge is 2.08. The van der Waals surface area contributed by atoms with Crippen LogP contribution < -0.4 is 16.4 Å². The number of rotatable bonds is 5. The molecule has 0 unspecified atom stereocenters. The lowest BCUT2D eigenvalue weighted by atomic mass is 10.2. The molecule has 0 radical (unpaired) electrons. The van der Waals surface area contributed by atoms with E-state index in [1.807, 2.05) is 0 Å². The van der Waals surface area contributed by atoms with E-state index in [-0.39, 0.29) is 24.8 Å². The Kier molecular flexibility index (Phi) is 5.11. The first-order chi connectivity index (χ1) is 10.6. The highest BCUT2D eigenvalue weighted by Crippen LogP contribution is 2.18. The highest BCUT2D eigenvalue weighted by molar-refractivity contribution is 6.06. The molecule has 2 rings (SSSR count). The number of amides is 2. The topological polar surface area (TPSA) is 104 Å². The van der Waals surface area contributed by atoms with Crippen molar-refractivity contribution in [2.75, 3.05) is 23.0 Å². The van der Waals surface area contributed by atoms with Crippen LogP contribution in [0, 0.1) is 0 Å². The normalized spacial score (nSPS) is 10.0. The van der Waals surface area contributed by atoms with E-state index in [2.05, 4.69) is 10.6 Å². The average molecular weight is 299 g/mol. The molecular formula is C16H17N3O3. The fraction of sp³-hybridized carbons (Fsp3) is 0.125. The molecule has 0 aliphatic rings. The first-order valence-corrected chi connectivity index (χ1v) is 6.77. The molecule has 0 saturated carbocycles. The first-order valence-electron chi connectivity index (χ1n) is 6.77. The molecule has 2 amide bonds. The van der Waals surface area contributed by atoms with E-state index in [0.29, 0.717) is 22.6 Å². The monoisotopic (exact) mass is 299 g/mol. The van der Waals surface area contributed by atoms with Crippen LogP contribution in [0.1, 0.15) is 16.8 Å². The van der Waals surface area contributed by atoms with E-state index >= 15 is 0 Å². The van der Waals surface area contributed by atoms with E-state index in [0.717, 1.165) is 0 Å². The molecule has 5 N–H and O–H groups in total. The Morgan fingerprint density at radius 3 is 2.32 bits per heavy atom. The van der Waals surface area contributed by atoms with Gasteiger partial charge in [0, 0.05) is 11.3 Å². The van der Waals surface area contributed by atoms with E-state index < -0.39 is 0 Å². The van der Waals surface area contributed by atoms with Crippen LogP contribution in [-0.4, -0.2) is 23.5 Å². The quantitative estimate of drug-likeness (QED) is 0.632. The van der Waals surface area contributed by atoms with Gasteiger partial charge in [-0.1, -0.05) is 12.1 Å². The van der Waals surface area contributed by atoms with Crippen molar-refractivity contribution >= 4 is 28.9 Å². The van der Waals surface area contributed by atoms with Crippen molar-refractivity contribution < 1.29 is 14.7 Å². The summed E-state index contributed by atoms with van der Waals surface area (Å²) in [5, 5.41) is 14.0. The average Bonchev–Trinajstić information content (AvgIpc) is 2.50. The molecule has 0 aliphatic heterocycles. The van der Waals surface area contributed by atoms with E-state index in [9.17, 15) is 9.59 Å². The third kappa shape index (κ3) is 4.07. The predicted molar refractivity (Wildman–Crippen MR) is 85.6 cm³/mol. The number of anilines is 3. The number of para-hydroxylation sites is 2. The van der Waals surface area contributed by atoms with Gasteiger partial charge in [-0.05, 0) is 36.4 Å². The van der Waals surface area contributed by atoms with Gasteiger partial charge in [0.2, 0.25) is 5.91 Å². The van der Waals surface area contributed by atoms with Crippen molar-refractivity contribution in [1.29, 1.82) is 0 Å². The lowest BCUT2D eigenvalue weighted by molar-refractivity contribution is -0.116. The second-order valence-corrected chi connectivity index (χ2v) is 4.64. The Hall–Kier alpha value is -2.86. The fourth-order valence-corrected chi connectivity index (χ4v) is 1.84. The largest absolute Gasteiger partial charge is 0.397 e. The molecule has 0 heterocycles. The summed E-state index contributed by atoms with van der Waals surface area (Å²) in [4.78, 5) is 23.5. The SMILES string of the molecule is Nc1ccccc1NC(=O)c1ccc(NC(=O)CCO)cc1. The molecule has 6 nitrogen and oxygen atoms in total. The summed E-state index contributed by atoms with van der Waals surface area (Å²) in [5.41, 5.74) is 7.82. The lowest BCUT2D eigenvalue weighted by Crippen LogP contribution is -2.14. The van der Waals surface area contributed by atoms with Crippen LogP contribution in [-0.2, 0) is 4.79 Å². The second kappa shape index (κ2) is 7.24. The van der Waals surface area contributed by atoms with Crippen molar-refractivity contribution in [3.05, 3.63) is 54.1 Å². The van der Waals surface area contributed by atoms with Crippen molar-refractivity contribution in [2.45, 2.75) is 6.42 Å². The number of aliphatic hydroxyl groups excluding tert-OH is 1. The highest BCUT2D eigenvalue weighted by atomic mass is 16.3. The minimum Gasteiger partial charge on any atom is -0.397 e.